The first-order valence-corrected chi connectivity index (χ1v) is 7.06. The Hall–Kier alpha value is -1.95. The Balaban J connectivity index is 1.67. The number of carboxylic acids is 1. The van der Waals surface area contributed by atoms with Crippen molar-refractivity contribution in [1.29, 1.82) is 0 Å². The Bertz CT molecular complexity index is 545. The lowest BCUT2D eigenvalue weighted by molar-refractivity contribution is -0.138. The molecular weight excluding hydrogens is 274 g/mol. The number of benzene rings is 1. The number of carboxylic acid groups (broad SMARTS) is 1. The molecule has 0 spiro atoms. The van der Waals surface area contributed by atoms with Gasteiger partial charge in [-0.25, -0.2) is 0 Å². The first kappa shape index (κ1) is 14.0. The number of aliphatic carboxylic acids is 1. The largest absolute Gasteiger partial charge is 0.493 e. The lowest BCUT2D eigenvalue weighted by Crippen LogP contribution is -2.20. The molecule has 1 atom stereocenters. The number of likely N-dealkylation sites (tertiary alicyclic amines) is 1. The van der Waals surface area contributed by atoms with Crippen molar-refractivity contribution >= 4 is 5.97 Å². The summed E-state index contributed by atoms with van der Waals surface area (Å²) in [5.74, 6) is 1.59. The number of rotatable bonds is 5. The minimum atomic E-state index is -0.716. The zero-order valence-electron chi connectivity index (χ0n) is 12.0. The van der Waals surface area contributed by atoms with Gasteiger partial charge >= 0.3 is 5.97 Å². The van der Waals surface area contributed by atoms with Gasteiger partial charge in [0, 0.05) is 19.5 Å². The second-order valence-corrected chi connectivity index (χ2v) is 5.52. The lowest BCUT2D eigenvalue weighted by Gasteiger charge is -2.16. The van der Waals surface area contributed by atoms with E-state index in [2.05, 4.69) is 4.90 Å². The SMILES string of the molecule is COc1cc(CN2CCC(CC(=O)O)C2)cc2c1OCO2. The molecule has 2 aliphatic rings. The number of methoxy groups -OCH3 is 1. The Morgan fingerprint density at radius 1 is 1.48 bits per heavy atom. The molecule has 114 valence electrons. The minimum Gasteiger partial charge on any atom is -0.493 e. The third kappa shape index (κ3) is 3.05. The fraction of sp³-hybridized carbons (Fsp3) is 0.533. The molecule has 2 aliphatic heterocycles. The van der Waals surface area contributed by atoms with E-state index >= 15 is 0 Å². The van der Waals surface area contributed by atoms with Gasteiger partial charge in [0.05, 0.1) is 7.11 Å². The maximum absolute atomic E-state index is 10.8. The zero-order valence-corrected chi connectivity index (χ0v) is 12.0. The van der Waals surface area contributed by atoms with Crippen LogP contribution in [0.4, 0.5) is 0 Å². The molecule has 6 nitrogen and oxygen atoms in total. The second-order valence-electron chi connectivity index (χ2n) is 5.52. The normalized spacial score (nSPS) is 20.7. The fourth-order valence-corrected chi connectivity index (χ4v) is 3.00. The first-order valence-electron chi connectivity index (χ1n) is 7.06. The summed E-state index contributed by atoms with van der Waals surface area (Å²) in [4.78, 5) is 13.0. The molecule has 6 heteroatoms. The Morgan fingerprint density at radius 3 is 3.10 bits per heavy atom. The van der Waals surface area contributed by atoms with Gasteiger partial charge in [-0.15, -0.1) is 0 Å². The van der Waals surface area contributed by atoms with Gasteiger partial charge in [0.1, 0.15) is 0 Å². The standard InChI is InChI=1S/C15H19NO5/c1-19-12-4-11(5-13-15(12)21-9-20-13)8-16-3-2-10(7-16)6-14(17)18/h4-5,10H,2-3,6-9H2,1H3,(H,17,18). The molecule has 1 fully saturated rings. The van der Waals surface area contributed by atoms with E-state index in [1.54, 1.807) is 7.11 Å². The summed E-state index contributed by atoms with van der Waals surface area (Å²) in [7, 11) is 1.61. The highest BCUT2D eigenvalue weighted by Gasteiger charge is 2.26. The molecule has 21 heavy (non-hydrogen) atoms. The van der Waals surface area contributed by atoms with E-state index in [1.807, 2.05) is 12.1 Å². The number of carbonyl (C=O) groups is 1. The molecule has 1 saturated heterocycles. The molecule has 3 rings (SSSR count). The molecule has 2 heterocycles. The first-order chi connectivity index (χ1) is 10.2. The van der Waals surface area contributed by atoms with Crippen molar-refractivity contribution in [3.63, 3.8) is 0 Å². The zero-order chi connectivity index (χ0) is 14.8. The third-order valence-corrected chi connectivity index (χ3v) is 3.96. The third-order valence-electron chi connectivity index (χ3n) is 3.96. The minimum absolute atomic E-state index is 0.222. The monoisotopic (exact) mass is 293 g/mol. The molecule has 0 bridgehead atoms. The molecule has 0 radical (unpaired) electrons. The van der Waals surface area contributed by atoms with Crippen molar-refractivity contribution in [1.82, 2.24) is 4.90 Å². The maximum Gasteiger partial charge on any atom is 0.303 e. The average molecular weight is 293 g/mol. The molecule has 0 saturated carbocycles. The van der Waals surface area contributed by atoms with Crippen LogP contribution in [0, 0.1) is 5.92 Å². The van der Waals surface area contributed by atoms with E-state index in [1.165, 1.54) is 0 Å². The van der Waals surface area contributed by atoms with E-state index in [9.17, 15) is 4.79 Å². The van der Waals surface area contributed by atoms with Gasteiger partial charge in [0.25, 0.3) is 0 Å². The molecule has 1 aromatic carbocycles. The number of hydrogen-bond acceptors (Lipinski definition) is 5. The van der Waals surface area contributed by atoms with Crippen LogP contribution in [-0.2, 0) is 11.3 Å². The highest BCUT2D eigenvalue weighted by Crippen LogP contribution is 2.42. The summed E-state index contributed by atoms with van der Waals surface area (Å²) in [5, 5.41) is 8.86. The van der Waals surface area contributed by atoms with E-state index in [0.717, 1.165) is 31.6 Å². The van der Waals surface area contributed by atoms with Gasteiger partial charge < -0.3 is 19.3 Å². The highest BCUT2D eigenvalue weighted by molar-refractivity contribution is 5.67. The van der Waals surface area contributed by atoms with Gasteiger partial charge in [-0.1, -0.05) is 0 Å². The van der Waals surface area contributed by atoms with Gasteiger partial charge in [-0.2, -0.15) is 0 Å². The van der Waals surface area contributed by atoms with Crippen molar-refractivity contribution in [2.75, 3.05) is 27.0 Å². The Kier molecular flexibility index (Phi) is 3.88. The van der Waals surface area contributed by atoms with Crippen molar-refractivity contribution in [2.45, 2.75) is 19.4 Å². The van der Waals surface area contributed by atoms with Crippen LogP contribution in [0.3, 0.4) is 0 Å². The highest BCUT2D eigenvalue weighted by atomic mass is 16.7. The molecule has 1 aromatic rings. The molecule has 1 unspecified atom stereocenters. The molecule has 1 N–H and O–H groups in total. The number of fused-ring (bicyclic) bond motifs is 1. The number of nitrogens with zero attached hydrogens (tertiary/aromatic N) is 1. The van der Waals surface area contributed by atoms with Gasteiger partial charge in [0.2, 0.25) is 12.5 Å². The van der Waals surface area contributed by atoms with Gasteiger partial charge in [-0.3, -0.25) is 9.69 Å². The van der Waals surface area contributed by atoms with Crippen molar-refractivity contribution in [3.05, 3.63) is 17.7 Å². The number of hydrogen-bond donors (Lipinski definition) is 1. The summed E-state index contributed by atoms with van der Waals surface area (Å²) in [6, 6.07) is 3.92. The van der Waals surface area contributed by atoms with Crippen LogP contribution in [-0.4, -0.2) is 43.0 Å². The van der Waals surface area contributed by atoms with Crippen LogP contribution in [0.1, 0.15) is 18.4 Å². The van der Waals surface area contributed by atoms with Crippen LogP contribution in [0.15, 0.2) is 12.1 Å². The van der Waals surface area contributed by atoms with E-state index in [-0.39, 0.29) is 19.1 Å². The Morgan fingerprint density at radius 2 is 2.33 bits per heavy atom. The van der Waals surface area contributed by atoms with Crippen molar-refractivity contribution in [2.24, 2.45) is 5.92 Å². The van der Waals surface area contributed by atoms with Crippen LogP contribution >= 0.6 is 0 Å². The van der Waals surface area contributed by atoms with Crippen molar-refractivity contribution < 1.29 is 24.1 Å². The molecule has 0 amide bonds. The second kappa shape index (κ2) is 5.81. The van der Waals surface area contributed by atoms with E-state index in [4.69, 9.17) is 19.3 Å². The summed E-state index contributed by atoms with van der Waals surface area (Å²) >= 11 is 0. The Labute approximate surface area is 123 Å². The topological polar surface area (TPSA) is 68.2 Å². The lowest BCUT2D eigenvalue weighted by atomic mass is 10.1. The van der Waals surface area contributed by atoms with Crippen LogP contribution in [0.5, 0.6) is 17.2 Å². The van der Waals surface area contributed by atoms with Gasteiger partial charge in [0.15, 0.2) is 11.5 Å². The summed E-state index contributed by atoms with van der Waals surface area (Å²) < 4.78 is 16.1. The van der Waals surface area contributed by atoms with E-state index in [0.29, 0.717) is 17.2 Å². The predicted molar refractivity (Wildman–Crippen MR) is 74.8 cm³/mol. The molecular formula is C15H19NO5. The predicted octanol–water partition coefficient (Wildman–Crippen LogP) is 1.72. The summed E-state index contributed by atoms with van der Waals surface area (Å²) in [5.41, 5.74) is 1.09. The van der Waals surface area contributed by atoms with Crippen LogP contribution < -0.4 is 14.2 Å². The maximum atomic E-state index is 10.8. The van der Waals surface area contributed by atoms with Crippen LogP contribution in [0.2, 0.25) is 0 Å². The average Bonchev–Trinajstić information content (AvgIpc) is 3.06. The quantitative estimate of drug-likeness (QED) is 0.891. The summed E-state index contributed by atoms with van der Waals surface area (Å²) in [6.45, 7) is 2.74. The van der Waals surface area contributed by atoms with Crippen LogP contribution in [0.25, 0.3) is 0 Å². The smallest absolute Gasteiger partial charge is 0.303 e. The summed E-state index contributed by atoms with van der Waals surface area (Å²) in [6.07, 6.45) is 1.19. The number of ether oxygens (including phenoxy) is 3. The fourth-order valence-electron chi connectivity index (χ4n) is 3.00. The van der Waals surface area contributed by atoms with Crippen molar-refractivity contribution in [3.8, 4) is 17.2 Å². The molecule has 0 aromatic heterocycles. The molecule has 0 aliphatic carbocycles. The van der Waals surface area contributed by atoms with E-state index < -0.39 is 5.97 Å². The van der Waals surface area contributed by atoms with Gasteiger partial charge in [-0.05, 0) is 36.6 Å².